The molecule has 1 aromatic heterocycles. The van der Waals surface area contributed by atoms with E-state index in [1.54, 1.807) is 0 Å². The fourth-order valence-electron chi connectivity index (χ4n) is 2.32. The number of amides is 1. The van der Waals surface area contributed by atoms with Crippen LogP contribution >= 0.6 is 43.2 Å². The molecule has 4 nitrogen and oxygen atoms in total. The Kier molecular flexibility index (Phi) is 5.61. The molecule has 0 saturated carbocycles. The van der Waals surface area contributed by atoms with E-state index in [4.69, 9.17) is 5.26 Å². The Bertz CT molecular complexity index is 532. The van der Waals surface area contributed by atoms with Crippen molar-refractivity contribution in [3.05, 3.63) is 19.2 Å². The number of carbonyl (C=O) groups excluding carboxylic acids is 1. The number of halogens is 2. The largest absolute Gasteiger partial charge is 0.336 e. The molecule has 1 aromatic rings. The minimum atomic E-state index is -0.0331. The molecule has 1 amide bonds. The summed E-state index contributed by atoms with van der Waals surface area (Å²) in [6, 6.07) is 4.14. The van der Waals surface area contributed by atoms with Crippen LogP contribution in [-0.4, -0.2) is 47.9 Å². The summed E-state index contributed by atoms with van der Waals surface area (Å²) in [6.07, 6.45) is 0.827. The van der Waals surface area contributed by atoms with Crippen LogP contribution in [0, 0.1) is 11.3 Å². The molecule has 0 N–H and O–H groups in total. The zero-order chi connectivity index (χ0) is 14.7. The van der Waals surface area contributed by atoms with Gasteiger partial charge < -0.3 is 4.90 Å². The first-order chi connectivity index (χ1) is 9.56. The number of nitrogens with zero attached hydrogens (tertiary/aromatic N) is 3. The quantitative estimate of drug-likeness (QED) is 0.753. The van der Waals surface area contributed by atoms with Gasteiger partial charge in [0.1, 0.15) is 0 Å². The van der Waals surface area contributed by atoms with Crippen molar-refractivity contribution in [1.29, 1.82) is 5.26 Å². The van der Waals surface area contributed by atoms with Gasteiger partial charge in [0, 0.05) is 26.2 Å². The zero-order valence-electron chi connectivity index (χ0n) is 11.1. The van der Waals surface area contributed by atoms with Crippen LogP contribution < -0.4 is 0 Å². The predicted molar refractivity (Wildman–Crippen MR) is 86.9 cm³/mol. The Morgan fingerprint density at radius 3 is 2.55 bits per heavy atom. The van der Waals surface area contributed by atoms with E-state index < -0.39 is 0 Å². The Labute approximate surface area is 139 Å². The highest BCUT2D eigenvalue weighted by molar-refractivity contribution is 9.12. The van der Waals surface area contributed by atoms with E-state index in [9.17, 15) is 4.79 Å². The van der Waals surface area contributed by atoms with Gasteiger partial charge in [-0.1, -0.05) is 6.92 Å². The molecule has 2 heterocycles. The summed E-state index contributed by atoms with van der Waals surface area (Å²) in [5, 5.41) is 9.09. The van der Waals surface area contributed by atoms with Crippen LogP contribution in [0.2, 0.25) is 0 Å². The fraction of sp³-hybridized carbons (Fsp3) is 0.538. The summed E-state index contributed by atoms with van der Waals surface area (Å²) in [7, 11) is 0. The number of hydrogen-bond acceptors (Lipinski definition) is 4. The van der Waals surface area contributed by atoms with E-state index >= 15 is 0 Å². The van der Waals surface area contributed by atoms with Gasteiger partial charge in [-0.25, -0.2) is 0 Å². The first-order valence-electron chi connectivity index (χ1n) is 6.44. The summed E-state index contributed by atoms with van der Waals surface area (Å²) >= 11 is 8.33. The molecule has 7 heteroatoms. The number of carbonyl (C=O) groups is 1. The second-order valence-corrected chi connectivity index (χ2v) is 8.37. The van der Waals surface area contributed by atoms with Gasteiger partial charge in [-0.05, 0) is 44.3 Å². The maximum atomic E-state index is 12.4. The van der Waals surface area contributed by atoms with Crippen LogP contribution in [0.25, 0.3) is 0 Å². The van der Waals surface area contributed by atoms with Gasteiger partial charge in [0.2, 0.25) is 0 Å². The van der Waals surface area contributed by atoms with Gasteiger partial charge >= 0.3 is 0 Å². The second kappa shape index (κ2) is 7.03. The lowest BCUT2D eigenvalue weighted by atomic mass is 10.1. The summed E-state index contributed by atoms with van der Waals surface area (Å²) in [5.74, 6) is 0.0588. The SMILES string of the molecule is CCC(C#N)N1CCN(C(=O)c2cc(Br)sc2Br)CC1. The molecule has 108 valence electrons. The number of thiophene rings is 1. The topological polar surface area (TPSA) is 47.3 Å². The third kappa shape index (κ3) is 3.42. The van der Waals surface area contributed by atoms with Crippen molar-refractivity contribution in [3.63, 3.8) is 0 Å². The monoisotopic (exact) mass is 419 g/mol. The average molecular weight is 421 g/mol. The standard InChI is InChI=1S/C13H15Br2N3OS/c1-2-9(8-16)17-3-5-18(6-4-17)13(19)10-7-11(14)20-12(10)15/h7,9H,2-6H2,1H3. The molecule has 1 unspecified atom stereocenters. The van der Waals surface area contributed by atoms with Gasteiger partial charge in [-0.2, -0.15) is 5.26 Å². The second-order valence-electron chi connectivity index (χ2n) is 4.62. The van der Waals surface area contributed by atoms with Crippen molar-refractivity contribution in [1.82, 2.24) is 9.80 Å². The lowest BCUT2D eigenvalue weighted by molar-refractivity contribution is 0.0604. The maximum absolute atomic E-state index is 12.4. The summed E-state index contributed by atoms with van der Waals surface area (Å²) in [5.41, 5.74) is 0.711. The van der Waals surface area contributed by atoms with Crippen LogP contribution in [-0.2, 0) is 0 Å². The van der Waals surface area contributed by atoms with Crippen LogP contribution in [0.1, 0.15) is 23.7 Å². The lowest BCUT2D eigenvalue weighted by Crippen LogP contribution is -2.51. The molecule has 0 bridgehead atoms. The Morgan fingerprint density at radius 1 is 1.45 bits per heavy atom. The number of nitriles is 1. The van der Waals surface area contributed by atoms with Crippen molar-refractivity contribution in [2.45, 2.75) is 19.4 Å². The van der Waals surface area contributed by atoms with Crippen LogP contribution in [0.5, 0.6) is 0 Å². The minimum Gasteiger partial charge on any atom is -0.336 e. The molecule has 0 aromatic carbocycles. The molecule has 1 saturated heterocycles. The van der Waals surface area contributed by atoms with Crippen LogP contribution in [0.3, 0.4) is 0 Å². The van der Waals surface area contributed by atoms with Gasteiger partial charge in [0.15, 0.2) is 0 Å². The van der Waals surface area contributed by atoms with Crippen molar-refractivity contribution >= 4 is 49.1 Å². The van der Waals surface area contributed by atoms with E-state index in [0.717, 1.165) is 27.1 Å². The van der Waals surface area contributed by atoms with Gasteiger partial charge in [-0.3, -0.25) is 9.69 Å². The fourth-order valence-corrected chi connectivity index (χ4v) is 5.10. The molecule has 20 heavy (non-hydrogen) atoms. The maximum Gasteiger partial charge on any atom is 0.255 e. The molecule has 0 aliphatic carbocycles. The molecule has 1 aliphatic rings. The van der Waals surface area contributed by atoms with Crippen LogP contribution in [0.15, 0.2) is 13.6 Å². The third-order valence-electron chi connectivity index (χ3n) is 3.47. The van der Waals surface area contributed by atoms with E-state index in [-0.39, 0.29) is 11.9 Å². The van der Waals surface area contributed by atoms with Gasteiger partial charge in [0.05, 0.1) is 25.2 Å². The smallest absolute Gasteiger partial charge is 0.255 e. The van der Waals surface area contributed by atoms with Crippen LogP contribution in [0.4, 0.5) is 0 Å². The number of hydrogen-bond donors (Lipinski definition) is 0. The summed E-state index contributed by atoms with van der Waals surface area (Å²) in [6.45, 7) is 4.90. The highest BCUT2D eigenvalue weighted by Gasteiger charge is 2.27. The van der Waals surface area contributed by atoms with Crippen molar-refractivity contribution in [2.75, 3.05) is 26.2 Å². The molecular weight excluding hydrogens is 406 g/mol. The lowest BCUT2D eigenvalue weighted by Gasteiger charge is -2.36. The van der Waals surface area contributed by atoms with E-state index in [2.05, 4.69) is 42.8 Å². The van der Waals surface area contributed by atoms with Crippen molar-refractivity contribution in [2.24, 2.45) is 0 Å². The molecule has 1 atom stereocenters. The summed E-state index contributed by atoms with van der Waals surface area (Å²) in [4.78, 5) is 16.5. The Balaban J connectivity index is 1.99. The van der Waals surface area contributed by atoms with Crippen molar-refractivity contribution in [3.8, 4) is 6.07 Å². The normalized spacial score (nSPS) is 17.8. The van der Waals surface area contributed by atoms with Gasteiger partial charge in [-0.15, -0.1) is 11.3 Å². The Morgan fingerprint density at radius 2 is 2.10 bits per heavy atom. The molecular formula is C13H15Br2N3OS. The van der Waals surface area contributed by atoms with Gasteiger partial charge in [0.25, 0.3) is 5.91 Å². The first kappa shape index (κ1) is 16.0. The average Bonchev–Trinajstić information content (AvgIpc) is 2.79. The van der Waals surface area contributed by atoms with E-state index in [1.165, 1.54) is 11.3 Å². The van der Waals surface area contributed by atoms with Crippen molar-refractivity contribution < 1.29 is 4.79 Å². The number of rotatable bonds is 3. The number of piperazine rings is 1. The molecule has 0 radical (unpaired) electrons. The first-order valence-corrected chi connectivity index (χ1v) is 8.84. The highest BCUT2D eigenvalue weighted by Crippen LogP contribution is 2.32. The molecule has 1 aliphatic heterocycles. The molecule has 1 fully saturated rings. The molecule has 0 spiro atoms. The van der Waals surface area contributed by atoms with E-state index in [1.807, 2.05) is 17.9 Å². The molecule has 2 rings (SSSR count). The Hall–Kier alpha value is -0.420. The highest BCUT2D eigenvalue weighted by atomic mass is 79.9. The predicted octanol–water partition coefficient (Wildman–Crippen LogP) is 3.33. The minimum absolute atomic E-state index is 0.0331. The summed E-state index contributed by atoms with van der Waals surface area (Å²) < 4.78 is 1.81. The van der Waals surface area contributed by atoms with E-state index in [0.29, 0.717) is 18.7 Å². The third-order valence-corrected chi connectivity index (χ3v) is 5.80. The zero-order valence-corrected chi connectivity index (χ0v) is 15.1.